The van der Waals surface area contributed by atoms with Crippen molar-refractivity contribution in [2.45, 2.75) is 38.1 Å². The summed E-state index contributed by atoms with van der Waals surface area (Å²) in [4.78, 5) is 8.45. The Labute approximate surface area is 130 Å². The second-order valence-corrected chi connectivity index (χ2v) is 5.88. The van der Waals surface area contributed by atoms with E-state index in [0.717, 1.165) is 30.5 Å². The average molecular weight is 298 g/mol. The van der Waals surface area contributed by atoms with Crippen LogP contribution in [0.1, 0.15) is 31.2 Å². The molecule has 0 bridgehead atoms. The summed E-state index contributed by atoms with van der Waals surface area (Å²) in [6, 6.07) is 7.78. The lowest BCUT2D eigenvalue weighted by atomic mass is 9.97. The summed E-state index contributed by atoms with van der Waals surface area (Å²) in [6.45, 7) is 1.12. The number of aryl methyl sites for hydroxylation is 1. The Kier molecular flexibility index (Phi) is 4.53. The number of aromatic hydroxyl groups is 1. The fourth-order valence-corrected chi connectivity index (χ4v) is 2.97. The van der Waals surface area contributed by atoms with Gasteiger partial charge in [0, 0.05) is 17.8 Å². The Morgan fingerprint density at radius 3 is 2.95 bits per heavy atom. The van der Waals surface area contributed by atoms with Gasteiger partial charge in [0.15, 0.2) is 5.82 Å². The van der Waals surface area contributed by atoms with Crippen LogP contribution in [0.2, 0.25) is 0 Å². The highest BCUT2D eigenvalue weighted by Crippen LogP contribution is 2.24. The standard InChI is InChI=1S/C17H22N4O/c18-16-6-8-20-17(21-16)13-9-12(10-15(22)11-13)4-5-14-3-1-2-7-19-14/h6,8-11,14,19,22H,1-5,7H2,(H2,18,20,21)/t14-/m1/s1. The molecule has 0 radical (unpaired) electrons. The van der Waals surface area contributed by atoms with E-state index in [1.54, 1.807) is 18.3 Å². The van der Waals surface area contributed by atoms with Crippen molar-refractivity contribution >= 4 is 5.82 Å². The molecule has 1 aliphatic rings. The summed E-state index contributed by atoms with van der Waals surface area (Å²) in [7, 11) is 0. The zero-order valence-electron chi connectivity index (χ0n) is 12.6. The Morgan fingerprint density at radius 2 is 2.18 bits per heavy atom. The van der Waals surface area contributed by atoms with Gasteiger partial charge in [-0.2, -0.15) is 0 Å². The number of benzene rings is 1. The van der Waals surface area contributed by atoms with E-state index >= 15 is 0 Å². The van der Waals surface area contributed by atoms with Crippen molar-refractivity contribution in [1.29, 1.82) is 0 Å². The zero-order chi connectivity index (χ0) is 15.4. The number of nitrogens with two attached hydrogens (primary N) is 1. The number of nitrogens with one attached hydrogen (secondary N) is 1. The van der Waals surface area contributed by atoms with Crippen molar-refractivity contribution < 1.29 is 5.11 Å². The first-order chi connectivity index (χ1) is 10.7. The Morgan fingerprint density at radius 1 is 1.27 bits per heavy atom. The number of phenolic OH excluding ortho intramolecular Hbond substituents is 1. The number of aromatic nitrogens is 2. The van der Waals surface area contributed by atoms with Gasteiger partial charge in [-0.05, 0) is 62.1 Å². The summed E-state index contributed by atoms with van der Waals surface area (Å²) >= 11 is 0. The smallest absolute Gasteiger partial charge is 0.161 e. The molecule has 5 nitrogen and oxygen atoms in total. The highest BCUT2D eigenvalue weighted by molar-refractivity contribution is 5.60. The predicted octanol–water partition coefficient (Wildman–Crippen LogP) is 2.51. The topological polar surface area (TPSA) is 84.1 Å². The van der Waals surface area contributed by atoms with Crippen LogP contribution in [0.3, 0.4) is 0 Å². The molecule has 5 heteroatoms. The molecule has 1 aliphatic heterocycles. The summed E-state index contributed by atoms with van der Waals surface area (Å²) in [5, 5.41) is 13.5. The van der Waals surface area contributed by atoms with Crippen LogP contribution in [0, 0.1) is 0 Å². The first-order valence-corrected chi connectivity index (χ1v) is 7.86. The number of piperidine rings is 1. The lowest BCUT2D eigenvalue weighted by Gasteiger charge is -2.23. The fourth-order valence-electron chi connectivity index (χ4n) is 2.97. The number of phenols is 1. The summed E-state index contributed by atoms with van der Waals surface area (Å²) in [6.07, 6.45) is 7.47. The molecule has 3 rings (SSSR count). The van der Waals surface area contributed by atoms with Crippen molar-refractivity contribution in [2.24, 2.45) is 0 Å². The van der Waals surface area contributed by atoms with Gasteiger partial charge in [-0.1, -0.05) is 6.42 Å². The van der Waals surface area contributed by atoms with Crippen LogP contribution in [0.15, 0.2) is 30.5 Å². The first-order valence-electron chi connectivity index (χ1n) is 7.86. The maximum atomic E-state index is 9.96. The first kappa shape index (κ1) is 14.8. The van der Waals surface area contributed by atoms with Crippen LogP contribution in [0.25, 0.3) is 11.4 Å². The summed E-state index contributed by atoms with van der Waals surface area (Å²) < 4.78 is 0. The average Bonchev–Trinajstić information content (AvgIpc) is 2.53. The van der Waals surface area contributed by atoms with Crippen molar-refractivity contribution in [1.82, 2.24) is 15.3 Å². The van der Waals surface area contributed by atoms with Gasteiger partial charge in [-0.3, -0.25) is 0 Å². The Hall–Kier alpha value is -2.14. The predicted molar refractivity (Wildman–Crippen MR) is 87.5 cm³/mol. The maximum Gasteiger partial charge on any atom is 0.161 e. The van der Waals surface area contributed by atoms with Crippen molar-refractivity contribution in [2.75, 3.05) is 12.3 Å². The SMILES string of the molecule is Nc1ccnc(-c2cc(O)cc(CC[C@H]3CCCCN3)c2)n1. The molecule has 0 spiro atoms. The van der Waals surface area contributed by atoms with Gasteiger partial charge < -0.3 is 16.2 Å². The van der Waals surface area contributed by atoms with Gasteiger partial charge in [0.1, 0.15) is 11.6 Å². The lowest BCUT2D eigenvalue weighted by molar-refractivity contribution is 0.382. The second-order valence-electron chi connectivity index (χ2n) is 5.88. The third-order valence-electron chi connectivity index (χ3n) is 4.11. The molecule has 4 N–H and O–H groups in total. The number of hydrogen-bond donors (Lipinski definition) is 3. The largest absolute Gasteiger partial charge is 0.508 e. The molecule has 116 valence electrons. The number of nitrogen functional groups attached to an aromatic ring is 1. The van der Waals surface area contributed by atoms with E-state index in [-0.39, 0.29) is 5.75 Å². The normalized spacial score (nSPS) is 18.3. The van der Waals surface area contributed by atoms with Crippen LogP contribution in [0.4, 0.5) is 5.82 Å². The molecular weight excluding hydrogens is 276 g/mol. The van der Waals surface area contributed by atoms with Crippen molar-refractivity contribution in [3.8, 4) is 17.1 Å². The highest BCUT2D eigenvalue weighted by atomic mass is 16.3. The van der Waals surface area contributed by atoms with Crippen LogP contribution < -0.4 is 11.1 Å². The van der Waals surface area contributed by atoms with Crippen LogP contribution in [-0.4, -0.2) is 27.7 Å². The molecule has 2 heterocycles. The number of nitrogens with zero attached hydrogens (tertiary/aromatic N) is 2. The minimum absolute atomic E-state index is 0.245. The van der Waals surface area contributed by atoms with Gasteiger partial charge >= 0.3 is 0 Å². The lowest BCUT2D eigenvalue weighted by Crippen LogP contribution is -2.34. The zero-order valence-corrected chi connectivity index (χ0v) is 12.6. The van der Waals surface area contributed by atoms with Gasteiger partial charge in [-0.15, -0.1) is 0 Å². The molecular formula is C17H22N4O. The molecule has 1 atom stereocenters. The van der Waals surface area contributed by atoms with Gasteiger partial charge in [0.25, 0.3) is 0 Å². The van der Waals surface area contributed by atoms with E-state index in [4.69, 9.17) is 5.73 Å². The fraction of sp³-hybridized carbons (Fsp3) is 0.412. The summed E-state index contributed by atoms with van der Waals surface area (Å²) in [5.41, 5.74) is 7.62. The van der Waals surface area contributed by atoms with Crippen molar-refractivity contribution in [3.05, 3.63) is 36.0 Å². The minimum Gasteiger partial charge on any atom is -0.508 e. The minimum atomic E-state index is 0.245. The van der Waals surface area contributed by atoms with E-state index < -0.39 is 0 Å². The third-order valence-corrected chi connectivity index (χ3v) is 4.11. The van der Waals surface area contributed by atoms with Gasteiger partial charge in [-0.25, -0.2) is 9.97 Å². The molecule has 22 heavy (non-hydrogen) atoms. The van der Waals surface area contributed by atoms with E-state index in [2.05, 4.69) is 15.3 Å². The molecule has 1 aromatic carbocycles. The molecule has 1 aromatic heterocycles. The van der Waals surface area contributed by atoms with Crippen LogP contribution in [-0.2, 0) is 6.42 Å². The van der Waals surface area contributed by atoms with Gasteiger partial charge in [0.2, 0.25) is 0 Å². The van der Waals surface area contributed by atoms with Gasteiger partial charge in [0.05, 0.1) is 0 Å². The molecule has 1 saturated heterocycles. The number of anilines is 1. The maximum absolute atomic E-state index is 9.96. The third kappa shape index (κ3) is 3.74. The molecule has 1 fully saturated rings. The van der Waals surface area contributed by atoms with E-state index in [0.29, 0.717) is 17.7 Å². The van der Waals surface area contributed by atoms with E-state index in [1.807, 2.05) is 12.1 Å². The Balaban J connectivity index is 1.74. The molecule has 2 aromatic rings. The number of rotatable bonds is 4. The summed E-state index contributed by atoms with van der Waals surface area (Å²) in [5.74, 6) is 1.23. The molecule has 0 saturated carbocycles. The quantitative estimate of drug-likeness (QED) is 0.807. The number of hydrogen-bond acceptors (Lipinski definition) is 5. The van der Waals surface area contributed by atoms with Crippen LogP contribution in [0.5, 0.6) is 5.75 Å². The van der Waals surface area contributed by atoms with Crippen LogP contribution >= 0.6 is 0 Å². The molecule has 0 amide bonds. The Bertz CT molecular complexity index is 638. The molecule has 0 aliphatic carbocycles. The van der Waals surface area contributed by atoms with E-state index in [1.165, 1.54) is 19.3 Å². The van der Waals surface area contributed by atoms with Crippen molar-refractivity contribution in [3.63, 3.8) is 0 Å². The highest BCUT2D eigenvalue weighted by Gasteiger charge is 2.13. The van der Waals surface area contributed by atoms with E-state index in [9.17, 15) is 5.11 Å². The second kappa shape index (κ2) is 6.75. The monoisotopic (exact) mass is 298 g/mol. The molecule has 0 unspecified atom stereocenters.